The minimum atomic E-state index is -0.289. The Labute approximate surface area is 166 Å². The van der Waals surface area contributed by atoms with E-state index < -0.39 is 0 Å². The number of para-hydroxylation sites is 1. The summed E-state index contributed by atoms with van der Waals surface area (Å²) in [7, 11) is 0. The van der Waals surface area contributed by atoms with E-state index in [9.17, 15) is 9.59 Å². The molecule has 1 aromatic carbocycles. The van der Waals surface area contributed by atoms with Gasteiger partial charge in [0.2, 0.25) is 5.91 Å². The number of aromatic nitrogens is 1. The molecule has 0 atom stereocenters. The lowest BCUT2D eigenvalue weighted by molar-refractivity contribution is -0.116. The van der Waals surface area contributed by atoms with Crippen molar-refractivity contribution in [3.05, 3.63) is 53.8 Å². The Morgan fingerprint density at radius 1 is 1.21 bits per heavy atom. The molecule has 2 amide bonds. The maximum atomic E-state index is 12.1. The maximum Gasteiger partial charge on any atom is 0.286 e. The maximum absolute atomic E-state index is 12.1. The average molecular weight is 399 g/mol. The van der Waals surface area contributed by atoms with Crippen molar-refractivity contribution in [1.82, 2.24) is 10.3 Å². The lowest BCUT2D eigenvalue weighted by atomic mass is 10.1. The van der Waals surface area contributed by atoms with E-state index in [2.05, 4.69) is 15.6 Å². The number of furan rings is 1. The van der Waals surface area contributed by atoms with Gasteiger partial charge in [-0.25, -0.2) is 4.98 Å². The zero-order chi connectivity index (χ0) is 19.8. The van der Waals surface area contributed by atoms with Gasteiger partial charge in [0.15, 0.2) is 10.9 Å². The number of carbonyl (C=O) groups is 2. The predicted octanol–water partition coefficient (Wildman–Crippen LogP) is 3.95. The highest BCUT2D eigenvalue weighted by Crippen LogP contribution is 2.32. The van der Waals surface area contributed by atoms with Crippen LogP contribution in [0.25, 0.3) is 11.3 Å². The SMILES string of the molecule is CCOc1ccccc1-c1csc(NC(=O)CCCNC(=O)c2ccco2)n1. The van der Waals surface area contributed by atoms with Crippen LogP contribution in [0.5, 0.6) is 5.75 Å². The van der Waals surface area contributed by atoms with Crippen molar-refractivity contribution >= 4 is 28.3 Å². The Balaban J connectivity index is 1.47. The predicted molar refractivity (Wildman–Crippen MR) is 108 cm³/mol. The monoisotopic (exact) mass is 399 g/mol. The molecule has 0 aliphatic carbocycles. The molecule has 0 aliphatic rings. The Bertz CT molecular complexity index is 921. The zero-order valence-corrected chi connectivity index (χ0v) is 16.3. The first-order valence-corrected chi connectivity index (χ1v) is 9.84. The lowest BCUT2D eigenvalue weighted by Gasteiger charge is -2.07. The van der Waals surface area contributed by atoms with Crippen molar-refractivity contribution in [3.63, 3.8) is 0 Å². The fraction of sp³-hybridized carbons (Fsp3) is 0.250. The number of thiazole rings is 1. The molecule has 0 radical (unpaired) electrons. The van der Waals surface area contributed by atoms with Crippen molar-refractivity contribution in [1.29, 1.82) is 0 Å². The number of ether oxygens (including phenoxy) is 1. The van der Waals surface area contributed by atoms with Crippen molar-refractivity contribution < 1.29 is 18.7 Å². The Hall–Kier alpha value is -3.13. The first kappa shape index (κ1) is 19.6. The highest BCUT2D eigenvalue weighted by Gasteiger charge is 2.12. The van der Waals surface area contributed by atoms with Crippen molar-refractivity contribution in [2.24, 2.45) is 0 Å². The Morgan fingerprint density at radius 3 is 2.86 bits per heavy atom. The number of hydrogen-bond acceptors (Lipinski definition) is 6. The van der Waals surface area contributed by atoms with E-state index in [4.69, 9.17) is 9.15 Å². The fourth-order valence-electron chi connectivity index (χ4n) is 2.54. The molecule has 0 saturated carbocycles. The molecule has 0 bridgehead atoms. The average Bonchev–Trinajstić information content (AvgIpc) is 3.38. The molecule has 2 aromatic heterocycles. The third kappa shape index (κ3) is 5.20. The van der Waals surface area contributed by atoms with E-state index in [-0.39, 0.29) is 24.0 Å². The van der Waals surface area contributed by atoms with Crippen LogP contribution in [0.1, 0.15) is 30.3 Å². The topological polar surface area (TPSA) is 93.5 Å². The summed E-state index contributed by atoms with van der Waals surface area (Å²) in [5.41, 5.74) is 1.65. The van der Waals surface area contributed by atoms with Gasteiger partial charge in [-0.05, 0) is 37.6 Å². The van der Waals surface area contributed by atoms with Crippen molar-refractivity contribution in [3.8, 4) is 17.0 Å². The molecule has 28 heavy (non-hydrogen) atoms. The lowest BCUT2D eigenvalue weighted by Crippen LogP contribution is -2.25. The summed E-state index contributed by atoms with van der Waals surface area (Å²) in [6, 6.07) is 10.9. The number of nitrogens with one attached hydrogen (secondary N) is 2. The minimum Gasteiger partial charge on any atom is -0.493 e. The minimum absolute atomic E-state index is 0.147. The van der Waals surface area contributed by atoms with Crippen LogP contribution in [-0.2, 0) is 4.79 Å². The standard InChI is InChI=1S/C20H21N3O4S/c1-2-26-16-8-4-3-7-14(16)15-13-28-20(22-15)23-18(24)10-5-11-21-19(25)17-9-6-12-27-17/h3-4,6-9,12-13H,2,5,10-11H2,1H3,(H,21,25)(H,22,23,24). The van der Waals surface area contributed by atoms with E-state index in [0.29, 0.717) is 24.7 Å². The van der Waals surface area contributed by atoms with E-state index in [1.165, 1.54) is 17.6 Å². The number of amides is 2. The van der Waals surface area contributed by atoms with Gasteiger partial charge in [0.1, 0.15) is 5.75 Å². The molecule has 3 aromatic rings. The number of anilines is 1. The van der Waals surface area contributed by atoms with Gasteiger partial charge in [-0.1, -0.05) is 12.1 Å². The van der Waals surface area contributed by atoms with Gasteiger partial charge in [-0.3, -0.25) is 9.59 Å². The molecular formula is C20H21N3O4S. The molecule has 7 nitrogen and oxygen atoms in total. The highest BCUT2D eigenvalue weighted by atomic mass is 32.1. The van der Waals surface area contributed by atoms with Gasteiger partial charge in [0.05, 0.1) is 18.6 Å². The first-order chi connectivity index (χ1) is 13.7. The molecule has 0 fully saturated rings. The number of nitrogens with zero attached hydrogens (tertiary/aromatic N) is 1. The zero-order valence-electron chi connectivity index (χ0n) is 15.4. The Kier molecular flexibility index (Phi) is 6.80. The van der Waals surface area contributed by atoms with Crippen molar-refractivity contribution in [2.45, 2.75) is 19.8 Å². The largest absolute Gasteiger partial charge is 0.493 e. The summed E-state index contributed by atoms with van der Waals surface area (Å²) < 4.78 is 10.6. The summed E-state index contributed by atoms with van der Waals surface area (Å²) in [5, 5.41) is 7.92. The van der Waals surface area contributed by atoms with E-state index in [0.717, 1.165) is 17.0 Å². The van der Waals surface area contributed by atoms with Gasteiger partial charge in [-0.2, -0.15) is 0 Å². The van der Waals surface area contributed by atoms with Crippen LogP contribution in [0.3, 0.4) is 0 Å². The van der Waals surface area contributed by atoms with Crippen molar-refractivity contribution in [2.75, 3.05) is 18.5 Å². The molecule has 0 unspecified atom stereocenters. The summed E-state index contributed by atoms with van der Waals surface area (Å²) >= 11 is 1.36. The number of carbonyl (C=O) groups excluding carboxylic acids is 2. The fourth-order valence-corrected chi connectivity index (χ4v) is 3.27. The van der Waals surface area contributed by atoms with E-state index >= 15 is 0 Å². The van der Waals surface area contributed by atoms with Gasteiger partial charge in [0, 0.05) is 23.9 Å². The molecule has 8 heteroatoms. The van der Waals surface area contributed by atoms with Crippen LogP contribution in [0.4, 0.5) is 5.13 Å². The second-order valence-corrected chi connectivity index (χ2v) is 6.71. The van der Waals surface area contributed by atoms with Gasteiger partial charge >= 0.3 is 0 Å². The van der Waals surface area contributed by atoms with Crippen LogP contribution < -0.4 is 15.4 Å². The van der Waals surface area contributed by atoms with Gasteiger partial charge in [-0.15, -0.1) is 11.3 Å². The molecule has 3 rings (SSSR count). The smallest absolute Gasteiger partial charge is 0.286 e. The van der Waals surface area contributed by atoms with Crippen LogP contribution in [-0.4, -0.2) is 29.9 Å². The first-order valence-electron chi connectivity index (χ1n) is 8.96. The summed E-state index contributed by atoms with van der Waals surface area (Å²) in [5.74, 6) is 0.585. The molecule has 0 spiro atoms. The second-order valence-electron chi connectivity index (χ2n) is 5.85. The number of benzene rings is 1. The van der Waals surface area contributed by atoms with Crippen LogP contribution in [0, 0.1) is 0 Å². The van der Waals surface area contributed by atoms with E-state index in [1.807, 2.05) is 36.6 Å². The van der Waals surface area contributed by atoms with Gasteiger partial charge in [0.25, 0.3) is 5.91 Å². The molecule has 2 N–H and O–H groups in total. The summed E-state index contributed by atoms with van der Waals surface area (Å²) in [6.07, 6.45) is 2.24. The summed E-state index contributed by atoms with van der Waals surface area (Å²) in [6.45, 7) is 2.89. The Morgan fingerprint density at radius 2 is 2.07 bits per heavy atom. The quantitative estimate of drug-likeness (QED) is 0.532. The molecule has 0 saturated heterocycles. The second kappa shape index (κ2) is 9.70. The van der Waals surface area contributed by atoms with Crippen LogP contribution in [0.2, 0.25) is 0 Å². The molecule has 2 heterocycles. The third-order valence-electron chi connectivity index (χ3n) is 3.82. The number of rotatable bonds is 9. The summed E-state index contributed by atoms with van der Waals surface area (Å²) in [4.78, 5) is 28.3. The van der Waals surface area contributed by atoms with Crippen LogP contribution in [0.15, 0.2) is 52.5 Å². The number of hydrogen-bond donors (Lipinski definition) is 2. The van der Waals surface area contributed by atoms with Crippen LogP contribution >= 0.6 is 11.3 Å². The highest BCUT2D eigenvalue weighted by molar-refractivity contribution is 7.14. The van der Waals surface area contributed by atoms with Gasteiger partial charge < -0.3 is 19.8 Å². The third-order valence-corrected chi connectivity index (χ3v) is 4.58. The molecular weight excluding hydrogens is 378 g/mol. The molecule has 146 valence electrons. The van der Waals surface area contributed by atoms with E-state index in [1.54, 1.807) is 12.1 Å². The molecule has 0 aliphatic heterocycles. The normalized spacial score (nSPS) is 10.5.